The maximum absolute atomic E-state index is 11.8. The summed E-state index contributed by atoms with van der Waals surface area (Å²) in [5, 5.41) is 3.00. The van der Waals surface area contributed by atoms with Crippen LogP contribution < -0.4 is 5.32 Å². The summed E-state index contributed by atoms with van der Waals surface area (Å²) < 4.78 is 33.3. The van der Waals surface area contributed by atoms with Gasteiger partial charge in [-0.3, -0.25) is 0 Å². The van der Waals surface area contributed by atoms with Crippen molar-refractivity contribution in [3.63, 3.8) is 0 Å². The summed E-state index contributed by atoms with van der Waals surface area (Å²) in [6.45, 7) is 0.854. The first-order chi connectivity index (χ1) is 5.14. The Hall–Kier alpha value is -0.160. The summed E-state index contributed by atoms with van der Waals surface area (Å²) in [5.41, 5.74) is 0. The highest BCUT2D eigenvalue weighted by Crippen LogP contribution is 2.07. The van der Waals surface area contributed by atoms with Crippen LogP contribution in [0.25, 0.3) is 0 Å². The molecule has 0 aliphatic carbocycles. The summed E-state index contributed by atoms with van der Waals surface area (Å²) >= 11 is 0. The number of hydrogen-bond acceptors (Lipinski definition) is 3. The lowest BCUT2D eigenvalue weighted by atomic mass is 10.3. The first-order valence-electron chi connectivity index (χ1n) is 3.64. The van der Waals surface area contributed by atoms with Crippen LogP contribution in [0, 0.1) is 0 Å². The van der Waals surface area contributed by atoms with Gasteiger partial charge in [0.1, 0.15) is 0 Å². The molecule has 0 bridgehead atoms. The zero-order chi connectivity index (χ0) is 8.32. The first-order valence-corrected chi connectivity index (χ1v) is 5.46. The number of halogens is 1. The van der Waals surface area contributed by atoms with Gasteiger partial charge in [-0.1, -0.05) is 0 Å². The van der Waals surface area contributed by atoms with Crippen LogP contribution in [0.15, 0.2) is 0 Å². The van der Waals surface area contributed by atoms with E-state index in [1.54, 1.807) is 0 Å². The van der Waals surface area contributed by atoms with Gasteiger partial charge in [-0.2, -0.15) is 0 Å². The largest absolute Gasteiger partial charge is 0.313 e. The Morgan fingerprint density at radius 2 is 2.27 bits per heavy atom. The van der Waals surface area contributed by atoms with Crippen LogP contribution in [0.2, 0.25) is 0 Å². The monoisotopic (exact) mass is 181 g/mol. The molecule has 0 aromatic carbocycles. The highest BCUT2D eigenvalue weighted by Gasteiger charge is 2.21. The van der Waals surface area contributed by atoms with Crippen LogP contribution in [0.3, 0.4) is 0 Å². The predicted molar refractivity (Wildman–Crippen MR) is 40.8 cm³/mol. The van der Waals surface area contributed by atoms with Gasteiger partial charge >= 0.3 is 0 Å². The zero-order valence-electron chi connectivity index (χ0n) is 6.22. The van der Waals surface area contributed by atoms with Gasteiger partial charge in [-0.15, -0.1) is 0 Å². The normalized spacial score (nSPS) is 25.7. The molecule has 1 rings (SSSR count). The van der Waals surface area contributed by atoms with Crippen LogP contribution in [-0.4, -0.2) is 32.8 Å². The van der Waals surface area contributed by atoms with Crippen LogP contribution in [-0.2, 0) is 9.84 Å². The van der Waals surface area contributed by atoms with E-state index in [0.717, 1.165) is 19.4 Å². The van der Waals surface area contributed by atoms with Crippen molar-refractivity contribution in [2.75, 3.05) is 18.3 Å². The van der Waals surface area contributed by atoms with Crippen molar-refractivity contribution in [2.45, 2.75) is 18.9 Å². The standard InChI is InChI=1S/C6H12FNO2S/c7-5-11(9,10)4-6-2-1-3-8-6/h6,8H,1-5H2. The molecule has 1 atom stereocenters. The van der Waals surface area contributed by atoms with Crippen molar-refractivity contribution < 1.29 is 12.8 Å². The predicted octanol–water partition coefficient (Wildman–Crippen LogP) is 0.0802. The molecule has 1 N–H and O–H groups in total. The summed E-state index contributed by atoms with van der Waals surface area (Å²) in [4.78, 5) is 0. The molecular weight excluding hydrogens is 169 g/mol. The molecule has 11 heavy (non-hydrogen) atoms. The van der Waals surface area contributed by atoms with Crippen molar-refractivity contribution in [2.24, 2.45) is 0 Å². The molecule has 0 radical (unpaired) electrons. The van der Waals surface area contributed by atoms with Crippen LogP contribution in [0.4, 0.5) is 4.39 Å². The Labute approximate surface area is 65.9 Å². The Balaban J connectivity index is 2.41. The van der Waals surface area contributed by atoms with E-state index in [-0.39, 0.29) is 11.8 Å². The summed E-state index contributed by atoms with van der Waals surface area (Å²) in [5.74, 6) is -0.0521. The van der Waals surface area contributed by atoms with Gasteiger partial charge in [0.15, 0.2) is 15.8 Å². The molecule has 1 unspecified atom stereocenters. The Kier molecular flexibility index (Phi) is 2.84. The van der Waals surface area contributed by atoms with Crippen molar-refractivity contribution in [1.29, 1.82) is 0 Å². The van der Waals surface area contributed by atoms with E-state index < -0.39 is 15.8 Å². The topological polar surface area (TPSA) is 46.2 Å². The lowest BCUT2D eigenvalue weighted by Crippen LogP contribution is -2.30. The fraction of sp³-hybridized carbons (Fsp3) is 1.00. The molecule has 3 nitrogen and oxygen atoms in total. The average molecular weight is 181 g/mol. The minimum atomic E-state index is -3.43. The summed E-state index contributed by atoms with van der Waals surface area (Å²) in [6, 6.07) is -1.25. The molecule has 0 aromatic heterocycles. The van der Waals surface area contributed by atoms with E-state index in [4.69, 9.17) is 0 Å². The fourth-order valence-corrected chi connectivity index (χ4v) is 2.24. The van der Waals surface area contributed by atoms with Crippen molar-refractivity contribution >= 4 is 9.84 Å². The number of alkyl halides is 1. The molecular formula is C6H12FNO2S. The molecule has 0 spiro atoms. The van der Waals surface area contributed by atoms with E-state index in [0.29, 0.717) is 0 Å². The number of hydrogen-bond donors (Lipinski definition) is 1. The minimum absolute atomic E-state index is 0.0178. The molecule has 0 saturated carbocycles. The van der Waals surface area contributed by atoms with E-state index >= 15 is 0 Å². The molecule has 1 aliphatic heterocycles. The lowest BCUT2D eigenvalue weighted by molar-refractivity contribution is 0.525. The average Bonchev–Trinajstić information content (AvgIpc) is 2.39. The Morgan fingerprint density at radius 1 is 1.55 bits per heavy atom. The molecule has 1 saturated heterocycles. The van der Waals surface area contributed by atoms with E-state index in [9.17, 15) is 12.8 Å². The Bertz CT molecular complexity index is 209. The number of sulfone groups is 1. The Morgan fingerprint density at radius 3 is 2.73 bits per heavy atom. The third kappa shape index (κ3) is 2.75. The van der Waals surface area contributed by atoms with Crippen LogP contribution >= 0.6 is 0 Å². The number of rotatable bonds is 3. The SMILES string of the molecule is O=S(=O)(CF)CC1CCCN1. The summed E-state index contributed by atoms with van der Waals surface area (Å²) in [6.07, 6.45) is 1.84. The summed E-state index contributed by atoms with van der Waals surface area (Å²) in [7, 11) is -3.43. The van der Waals surface area contributed by atoms with Crippen LogP contribution in [0.5, 0.6) is 0 Å². The van der Waals surface area contributed by atoms with Crippen molar-refractivity contribution in [1.82, 2.24) is 5.32 Å². The van der Waals surface area contributed by atoms with Crippen LogP contribution in [0.1, 0.15) is 12.8 Å². The second-order valence-electron chi connectivity index (χ2n) is 2.81. The van der Waals surface area contributed by atoms with E-state index in [2.05, 4.69) is 5.32 Å². The molecule has 0 aromatic rings. The van der Waals surface area contributed by atoms with Gasteiger partial charge < -0.3 is 5.32 Å². The second kappa shape index (κ2) is 3.49. The van der Waals surface area contributed by atoms with E-state index in [1.165, 1.54) is 0 Å². The van der Waals surface area contributed by atoms with Gasteiger partial charge in [0, 0.05) is 6.04 Å². The third-order valence-electron chi connectivity index (χ3n) is 1.78. The van der Waals surface area contributed by atoms with Crippen molar-refractivity contribution in [3.05, 3.63) is 0 Å². The smallest absolute Gasteiger partial charge is 0.190 e. The van der Waals surface area contributed by atoms with Gasteiger partial charge in [0.25, 0.3) is 0 Å². The maximum Gasteiger partial charge on any atom is 0.190 e. The fourth-order valence-electron chi connectivity index (χ4n) is 1.25. The van der Waals surface area contributed by atoms with Gasteiger partial charge in [0.2, 0.25) is 0 Å². The third-order valence-corrected chi connectivity index (χ3v) is 3.03. The molecule has 1 aliphatic rings. The van der Waals surface area contributed by atoms with E-state index in [1.807, 2.05) is 0 Å². The van der Waals surface area contributed by atoms with Crippen molar-refractivity contribution in [3.8, 4) is 0 Å². The zero-order valence-corrected chi connectivity index (χ0v) is 7.03. The molecule has 0 amide bonds. The highest BCUT2D eigenvalue weighted by molar-refractivity contribution is 7.91. The van der Waals surface area contributed by atoms with Gasteiger partial charge in [-0.25, -0.2) is 12.8 Å². The second-order valence-corrected chi connectivity index (χ2v) is 4.85. The molecule has 66 valence electrons. The minimum Gasteiger partial charge on any atom is -0.313 e. The molecule has 1 fully saturated rings. The van der Waals surface area contributed by atoms with Gasteiger partial charge in [0.05, 0.1) is 5.75 Å². The number of nitrogens with one attached hydrogen (secondary N) is 1. The molecule has 5 heteroatoms. The maximum atomic E-state index is 11.8. The first kappa shape index (κ1) is 8.93. The quantitative estimate of drug-likeness (QED) is 0.670. The molecule has 1 heterocycles. The highest BCUT2D eigenvalue weighted by atomic mass is 32.2. The lowest BCUT2D eigenvalue weighted by Gasteiger charge is -2.07. The van der Waals surface area contributed by atoms with Gasteiger partial charge in [-0.05, 0) is 19.4 Å².